The largest absolute Gasteiger partial charge is 0.495 e. The van der Waals surface area contributed by atoms with Crippen molar-refractivity contribution < 1.29 is 27.8 Å². The minimum atomic E-state index is -3.90. The van der Waals surface area contributed by atoms with E-state index < -0.39 is 28.6 Å². The summed E-state index contributed by atoms with van der Waals surface area (Å²) in [5.41, 5.74) is 0.341. The van der Waals surface area contributed by atoms with Crippen molar-refractivity contribution in [2.75, 3.05) is 25.2 Å². The van der Waals surface area contributed by atoms with Crippen molar-refractivity contribution in [3.05, 3.63) is 78.7 Å². The van der Waals surface area contributed by atoms with Crippen molar-refractivity contribution in [3.63, 3.8) is 0 Å². The molecule has 41 heavy (non-hydrogen) atoms. The highest BCUT2D eigenvalue weighted by molar-refractivity contribution is 7.99. The van der Waals surface area contributed by atoms with Crippen molar-refractivity contribution in [3.8, 4) is 5.75 Å². The lowest BCUT2D eigenvalue weighted by molar-refractivity contribution is 0.0740. The summed E-state index contributed by atoms with van der Waals surface area (Å²) in [6.07, 6.45) is 0.143. The number of anilines is 1. The molecule has 2 aromatic carbocycles. The first-order chi connectivity index (χ1) is 19.4. The average molecular weight is 645 g/mol. The molecule has 1 saturated heterocycles. The maximum Gasteiger partial charge on any atom is 0.414 e. The van der Waals surface area contributed by atoms with E-state index in [0.29, 0.717) is 41.5 Å². The Hall–Kier alpha value is -2.99. The maximum atomic E-state index is 14.1. The molecular weight excluding hydrogens is 623 g/mol. The van der Waals surface area contributed by atoms with Gasteiger partial charge in [0.25, 0.3) is 11.5 Å². The number of H-pyrrole nitrogens is 1. The third kappa shape index (κ3) is 5.73. The van der Waals surface area contributed by atoms with E-state index in [1.165, 1.54) is 16.9 Å². The molecule has 0 saturated carbocycles. The SMILES string of the molecule is COc1cc2c(cc1N1CCCOC1=O)CN(C(=O)c1c(Sc3c(Cl)ccc(C)c3Cl)cc(C(F)(F)Cl)[nH]c1=O)C2. The van der Waals surface area contributed by atoms with Gasteiger partial charge in [-0.3, -0.25) is 14.5 Å². The van der Waals surface area contributed by atoms with Crippen LogP contribution in [0.4, 0.5) is 19.3 Å². The summed E-state index contributed by atoms with van der Waals surface area (Å²) in [5.74, 6) is -0.282. The zero-order valence-electron chi connectivity index (χ0n) is 21.7. The number of ether oxygens (including phenoxy) is 2. The Labute approximate surface area is 252 Å². The van der Waals surface area contributed by atoms with Gasteiger partial charge in [-0.15, -0.1) is 0 Å². The Balaban J connectivity index is 1.53. The first kappa shape index (κ1) is 29.5. The van der Waals surface area contributed by atoms with Gasteiger partial charge < -0.3 is 19.4 Å². The molecule has 0 atom stereocenters. The van der Waals surface area contributed by atoms with E-state index in [-0.39, 0.29) is 33.6 Å². The monoisotopic (exact) mass is 643 g/mol. The van der Waals surface area contributed by atoms with Crippen LogP contribution in [0.15, 0.2) is 44.9 Å². The summed E-state index contributed by atoms with van der Waals surface area (Å²) in [4.78, 5) is 44.5. The van der Waals surface area contributed by atoms with Gasteiger partial charge in [0, 0.05) is 29.4 Å². The topological polar surface area (TPSA) is 91.9 Å². The van der Waals surface area contributed by atoms with E-state index in [0.717, 1.165) is 29.0 Å². The molecule has 216 valence electrons. The van der Waals surface area contributed by atoms with Crippen molar-refractivity contribution in [2.45, 2.75) is 41.6 Å². The summed E-state index contributed by atoms with van der Waals surface area (Å²) in [6, 6.07) is 7.69. The Morgan fingerprint density at radius 3 is 2.51 bits per heavy atom. The second-order valence-corrected chi connectivity index (χ2v) is 11.7. The number of nitrogens with zero attached hydrogens (tertiary/aromatic N) is 2. The standard InChI is InChI=1S/C27H22Cl3F2N3O5S/c1-13-4-5-16(28)23(22(13)29)41-19-10-20(27(30,31)32)33-24(36)21(19)25(37)34-11-14-8-17(18(39-2)9-15(14)12-34)35-6-3-7-40-26(35)38/h4-5,8-10H,3,6-7,11-12H2,1-2H3,(H,33,36). The number of carbonyl (C=O) groups excluding carboxylic acids is 2. The Kier molecular flexibility index (Phi) is 8.17. The fraction of sp³-hybridized carbons (Fsp3) is 0.296. The average Bonchev–Trinajstić information content (AvgIpc) is 3.35. The minimum absolute atomic E-state index is 0.0891. The van der Waals surface area contributed by atoms with E-state index in [9.17, 15) is 23.2 Å². The number of aromatic nitrogens is 1. The number of nitrogens with one attached hydrogen (secondary N) is 1. The lowest BCUT2D eigenvalue weighted by Gasteiger charge is -2.28. The fourth-order valence-electron chi connectivity index (χ4n) is 4.67. The molecule has 0 bridgehead atoms. The smallest absolute Gasteiger partial charge is 0.414 e. The van der Waals surface area contributed by atoms with Gasteiger partial charge in [0.05, 0.1) is 29.4 Å². The molecule has 3 aromatic rings. The van der Waals surface area contributed by atoms with Gasteiger partial charge in [-0.05, 0) is 65.9 Å². The summed E-state index contributed by atoms with van der Waals surface area (Å²) >= 11 is 18.8. The number of carbonyl (C=O) groups is 2. The second kappa shape index (κ2) is 11.4. The van der Waals surface area contributed by atoms with Gasteiger partial charge in [0.15, 0.2) is 0 Å². The van der Waals surface area contributed by atoms with Crippen LogP contribution in [0.2, 0.25) is 10.0 Å². The number of pyridine rings is 1. The number of fused-ring (bicyclic) bond motifs is 1. The summed E-state index contributed by atoms with van der Waals surface area (Å²) in [5, 5.41) is -3.43. The number of hydrogen-bond acceptors (Lipinski definition) is 6. The number of benzene rings is 2. The van der Waals surface area contributed by atoms with Crippen molar-refractivity contribution >= 4 is 64.3 Å². The highest BCUT2D eigenvalue weighted by atomic mass is 35.5. The van der Waals surface area contributed by atoms with E-state index in [1.807, 2.05) is 4.98 Å². The predicted octanol–water partition coefficient (Wildman–Crippen LogP) is 6.94. The van der Waals surface area contributed by atoms with Crippen molar-refractivity contribution in [2.24, 2.45) is 0 Å². The van der Waals surface area contributed by atoms with Crippen LogP contribution in [-0.4, -0.2) is 42.1 Å². The van der Waals surface area contributed by atoms with Gasteiger partial charge >= 0.3 is 11.5 Å². The molecule has 0 unspecified atom stereocenters. The maximum absolute atomic E-state index is 14.1. The highest BCUT2D eigenvalue weighted by Gasteiger charge is 2.35. The molecule has 0 aliphatic carbocycles. The molecule has 2 aliphatic heterocycles. The molecule has 2 amide bonds. The van der Waals surface area contributed by atoms with Crippen LogP contribution >= 0.6 is 46.6 Å². The lowest BCUT2D eigenvalue weighted by Crippen LogP contribution is -2.38. The van der Waals surface area contributed by atoms with Gasteiger partial charge in [0.2, 0.25) is 0 Å². The van der Waals surface area contributed by atoms with Crippen molar-refractivity contribution in [1.29, 1.82) is 0 Å². The van der Waals surface area contributed by atoms with Gasteiger partial charge in [-0.2, -0.15) is 8.78 Å². The number of amides is 2. The summed E-state index contributed by atoms with van der Waals surface area (Å²) in [6.45, 7) is 2.70. The molecule has 5 rings (SSSR count). The van der Waals surface area contributed by atoms with E-state index in [2.05, 4.69) is 0 Å². The van der Waals surface area contributed by atoms with Crippen LogP contribution < -0.4 is 15.2 Å². The fourth-order valence-corrected chi connectivity index (χ4v) is 6.47. The number of aryl methyl sites for hydroxylation is 1. The number of cyclic esters (lactones) is 1. The third-order valence-corrected chi connectivity index (χ3v) is 9.14. The van der Waals surface area contributed by atoms with E-state index in [1.54, 1.807) is 31.2 Å². The minimum Gasteiger partial charge on any atom is -0.495 e. The molecule has 3 heterocycles. The zero-order chi connectivity index (χ0) is 29.6. The number of methoxy groups -OCH3 is 1. The quantitative estimate of drug-likeness (QED) is 0.293. The van der Waals surface area contributed by atoms with Crippen LogP contribution in [0.5, 0.6) is 5.75 Å². The molecule has 14 heteroatoms. The second-order valence-electron chi connectivity index (χ2n) is 9.43. The molecular formula is C27H22Cl3F2N3O5S. The van der Waals surface area contributed by atoms with Gasteiger partial charge in [-0.25, -0.2) is 4.79 Å². The van der Waals surface area contributed by atoms with Crippen LogP contribution in [0.1, 0.15) is 39.2 Å². The normalized spacial score (nSPS) is 15.1. The molecule has 1 fully saturated rings. The van der Waals surface area contributed by atoms with E-state index in [4.69, 9.17) is 44.3 Å². The molecule has 0 spiro atoms. The molecule has 1 N–H and O–H groups in total. The molecule has 2 aliphatic rings. The zero-order valence-corrected chi connectivity index (χ0v) is 24.7. The summed E-state index contributed by atoms with van der Waals surface area (Å²) in [7, 11) is 1.47. The number of hydrogen-bond donors (Lipinski definition) is 1. The van der Waals surface area contributed by atoms with Crippen LogP contribution in [0, 0.1) is 6.92 Å². The Morgan fingerprint density at radius 2 is 1.85 bits per heavy atom. The lowest BCUT2D eigenvalue weighted by atomic mass is 10.1. The van der Waals surface area contributed by atoms with Crippen LogP contribution in [-0.2, 0) is 23.2 Å². The van der Waals surface area contributed by atoms with Crippen LogP contribution in [0.25, 0.3) is 0 Å². The molecule has 1 aromatic heterocycles. The molecule has 0 radical (unpaired) electrons. The first-order valence-corrected chi connectivity index (χ1v) is 14.2. The number of halogens is 5. The highest BCUT2D eigenvalue weighted by Crippen LogP contribution is 2.43. The molecule has 8 nitrogen and oxygen atoms in total. The van der Waals surface area contributed by atoms with E-state index >= 15 is 0 Å². The number of rotatable bonds is 6. The number of aromatic amines is 1. The van der Waals surface area contributed by atoms with Gasteiger partial charge in [0.1, 0.15) is 17.0 Å². The first-order valence-electron chi connectivity index (χ1n) is 12.3. The number of alkyl halides is 3. The van der Waals surface area contributed by atoms with Crippen molar-refractivity contribution in [1.82, 2.24) is 9.88 Å². The van der Waals surface area contributed by atoms with Crippen LogP contribution in [0.3, 0.4) is 0 Å². The summed E-state index contributed by atoms with van der Waals surface area (Å²) < 4.78 is 38.8. The predicted molar refractivity (Wildman–Crippen MR) is 152 cm³/mol. The third-order valence-electron chi connectivity index (χ3n) is 6.74. The van der Waals surface area contributed by atoms with Gasteiger partial charge in [-0.1, -0.05) is 41.0 Å². The Bertz CT molecular complexity index is 1630. The Morgan fingerprint density at radius 1 is 1.15 bits per heavy atom.